The number of halogens is 1. The van der Waals surface area contributed by atoms with Crippen molar-refractivity contribution in [2.24, 2.45) is 0 Å². The number of anilines is 1. The van der Waals surface area contributed by atoms with Gasteiger partial charge >= 0.3 is 6.03 Å². The van der Waals surface area contributed by atoms with E-state index in [1.165, 1.54) is 0 Å². The molecular weight excluding hydrogens is 284 g/mol. The van der Waals surface area contributed by atoms with Gasteiger partial charge in [0.05, 0.1) is 17.3 Å². The van der Waals surface area contributed by atoms with Crippen LogP contribution in [-0.4, -0.2) is 44.6 Å². The lowest BCUT2D eigenvalue weighted by Crippen LogP contribution is -2.30. The molecule has 0 heterocycles. The highest BCUT2D eigenvalue weighted by molar-refractivity contribution is 6.32. The third-order valence-electron chi connectivity index (χ3n) is 2.37. The molecule has 112 valence electrons. The molecule has 0 bridgehead atoms. The van der Waals surface area contributed by atoms with Crippen LogP contribution in [0.2, 0.25) is 5.02 Å². The molecule has 0 saturated heterocycles. The molecule has 0 aliphatic heterocycles. The highest BCUT2D eigenvalue weighted by atomic mass is 35.5. The minimum Gasteiger partial charge on any atom is -0.487 e. The number of carbonyl (C=O) groups is 1. The molecule has 0 aromatic heterocycles. The Morgan fingerprint density at radius 3 is 2.90 bits per heavy atom. The van der Waals surface area contributed by atoms with E-state index in [1.807, 2.05) is 0 Å². The number of rotatable bonds is 8. The Hall–Kier alpha value is -1.50. The lowest BCUT2D eigenvalue weighted by molar-refractivity contribution is 0.146. The van der Waals surface area contributed by atoms with Crippen LogP contribution in [0.5, 0.6) is 5.75 Å². The molecule has 7 heteroatoms. The van der Waals surface area contributed by atoms with Crippen molar-refractivity contribution in [3.05, 3.63) is 23.2 Å². The van der Waals surface area contributed by atoms with Crippen molar-refractivity contribution in [1.29, 1.82) is 0 Å². The zero-order valence-corrected chi connectivity index (χ0v) is 12.1. The normalized spacial score (nSPS) is 10.2. The smallest absolute Gasteiger partial charge is 0.319 e. The van der Waals surface area contributed by atoms with Gasteiger partial charge in [-0.3, -0.25) is 0 Å². The average Bonchev–Trinajstić information content (AvgIpc) is 2.42. The second-order valence-electron chi connectivity index (χ2n) is 3.92. The molecule has 1 rings (SSSR count). The standard InChI is InChI=1S/C13H19ClN2O4/c1-19-8-9-20-12-10(14)4-2-5-11(12)16-13(18)15-6-3-7-17/h2,4-5,17H,3,6-9H2,1H3,(H2,15,16,18). The van der Waals surface area contributed by atoms with Crippen molar-refractivity contribution in [2.45, 2.75) is 6.42 Å². The van der Waals surface area contributed by atoms with Crippen molar-refractivity contribution in [3.8, 4) is 5.75 Å². The maximum atomic E-state index is 11.7. The van der Waals surface area contributed by atoms with Gasteiger partial charge in [-0.1, -0.05) is 17.7 Å². The second-order valence-corrected chi connectivity index (χ2v) is 4.32. The Kier molecular flexibility index (Phi) is 7.79. The largest absolute Gasteiger partial charge is 0.487 e. The fourth-order valence-electron chi connectivity index (χ4n) is 1.43. The van der Waals surface area contributed by atoms with Gasteiger partial charge in [-0.05, 0) is 18.6 Å². The molecule has 0 aliphatic rings. The van der Waals surface area contributed by atoms with Crippen LogP contribution in [0.1, 0.15) is 6.42 Å². The van der Waals surface area contributed by atoms with Gasteiger partial charge in [0.25, 0.3) is 0 Å². The number of amides is 2. The first-order valence-corrected chi connectivity index (χ1v) is 6.62. The van der Waals surface area contributed by atoms with Gasteiger partial charge in [0, 0.05) is 20.3 Å². The van der Waals surface area contributed by atoms with E-state index in [0.29, 0.717) is 42.6 Å². The van der Waals surface area contributed by atoms with Gasteiger partial charge in [0.1, 0.15) is 6.61 Å². The third-order valence-corrected chi connectivity index (χ3v) is 2.67. The Bertz CT molecular complexity index is 429. The number of benzene rings is 1. The summed E-state index contributed by atoms with van der Waals surface area (Å²) in [5.74, 6) is 0.406. The summed E-state index contributed by atoms with van der Waals surface area (Å²) in [5, 5.41) is 14.3. The summed E-state index contributed by atoms with van der Waals surface area (Å²) in [5.41, 5.74) is 0.482. The SMILES string of the molecule is COCCOc1c(Cl)cccc1NC(=O)NCCCO. The summed E-state index contributed by atoms with van der Waals surface area (Å²) in [4.78, 5) is 11.7. The van der Waals surface area contributed by atoms with Crippen LogP contribution in [-0.2, 0) is 4.74 Å². The number of methoxy groups -OCH3 is 1. The van der Waals surface area contributed by atoms with Gasteiger partial charge in [-0.2, -0.15) is 0 Å². The van der Waals surface area contributed by atoms with Gasteiger partial charge in [0.15, 0.2) is 5.75 Å². The second kappa shape index (κ2) is 9.41. The number of nitrogens with one attached hydrogen (secondary N) is 2. The molecule has 0 radical (unpaired) electrons. The number of urea groups is 1. The molecule has 0 spiro atoms. The molecule has 0 atom stereocenters. The Labute approximate surface area is 123 Å². The van der Waals surface area contributed by atoms with Crippen LogP contribution in [0.4, 0.5) is 10.5 Å². The summed E-state index contributed by atoms with van der Waals surface area (Å²) in [6.45, 7) is 1.18. The molecule has 6 nitrogen and oxygen atoms in total. The van der Waals surface area contributed by atoms with Crippen LogP contribution in [0, 0.1) is 0 Å². The molecule has 2 amide bonds. The number of ether oxygens (including phenoxy) is 2. The Morgan fingerprint density at radius 2 is 2.20 bits per heavy atom. The quantitative estimate of drug-likeness (QED) is 0.641. The molecule has 3 N–H and O–H groups in total. The Morgan fingerprint density at radius 1 is 1.40 bits per heavy atom. The van der Waals surface area contributed by atoms with Gasteiger partial charge < -0.3 is 25.2 Å². The summed E-state index contributed by atoms with van der Waals surface area (Å²) in [7, 11) is 1.57. The molecule has 1 aromatic carbocycles. The van der Waals surface area contributed by atoms with Crippen molar-refractivity contribution in [2.75, 3.05) is 38.8 Å². The number of hydrogen-bond donors (Lipinski definition) is 3. The van der Waals surface area contributed by atoms with Crippen LogP contribution in [0.25, 0.3) is 0 Å². The predicted molar refractivity (Wildman–Crippen MR) is 77.5 cm³/mol. The number of hydrogen-bond acceptors (Lipinski definition) is 4. The maximum absolute atomic E-state index is 11.7. The van der Waals surface area contributed by atoms with Crippen LogP contribution >= 0.6 is 11.6 Å². The van der Waals surface area contributed by atoms with Crippen molar-refractivity contribution >= 4 is 23.3 Å². The molecule has 0 aliphatic carbocycles. The minimum absolute atomic E-state index is 0.0306. The highest BCUT2D eigenvalue weighted by Crippen LogP contribution is 2.32. The lowest BCUT2D eigenvalue weighted by Gasteiger charge is -2.14. The summed E-state index contributed by atoms with van der Waals surface area (Å²) in [6, 6.07) is 4.71. The summed E-state index contributed by atoms with van der Waals surface area (Å²) >= 11 is 6.05. The number of aliphatic hydroxyl groups excluding tert-OH is 1. The molecular formula is C13H19ClN2O4. The summed E-state index contributed by atoms with van der Waals surface area (Å²) < 4.78 is 10.4. The van der Waals surface area contributed by atoms with E-state index in [2.05, 4.69) is 10.6 Å². The number of aliphatic hydroxyl groups is 1. The molecule has 0 unspecified atom stereocenters. The third kappa shape index (κ3) is 5.64. The predicted octanol–water partition coefficient (Wildman–Crippen LogP) is 1.87. The minimum atomic E-state index is -0.377. The van der Waals surface area contributed by atoms with E-state index in [-0.39, 0.29) is 12.6 Å². The lowest BCUT2D eigenvalue weighted by atomic mass is 10.3. The van der Waals surface area contributed by atoms with Crippen LogP contribution < -0.4 is 15.4 Å². The molecule has 1 aromatic rings. The van der Waals surface area contributed by atoms with Gasteiger partial charge in [-0.15, -0.1) is 0 Å². The number of para-hydroxylation sites is 1. The monoisotopic (exact) mass is 302 g/mol. The zero-order chi connectivity index (χ0) is 14.8. The van der Waals surface area contributed by atoms with E-state index in [1.54, 1.807) is 25.3 Å². The molecule has 20 heavy (non-hydrogen) atoms. The van der Waals surface area contributed by atoms with E-state index >= 15 is 0 Å². The fraction of sp³-hybridized carbons (Fsp3) is 0.462. The average molecular weight is 303 g/mol. The van der Waals surface area contributed by atoms with Crippen molar-refractivity contribution in [3.63, 3.8) is 0 Å². The zero-order valence-electron chi connectivity index (χ0n) is 11.3. The Balaban J connectivity index is 2.63. The van der Waals surface area contributed by atoms with Crippen molar-refractivity contribution in [1.82, 2.24) is 5.32 Å². The van der Waals surface area contributed by atoms with E-state index in [0.717, 1.165) is 0 Å². The topological polar surface area (TPSA) is 79.8 Å². The van der Waals surface area contributed by atoms with Crippen molar-refractivity contribution < 1.29 is 19.4 Å². The first-order valence-electron chi connectivity index (χ1n) is 6.25. The number of carbonyl (C=O) groups excluding carboxylic acids is 1. The van der Waals surface area contributed by atoms with E-state index < -0.39 is 0 Å². The highest BCUT2D eigenvalue weighted by Gasteiger charge is 2.11. The molecule has 0 fully saturated rings. The first-order chi connectivity index (χ1) is 9.69. The van der Waals surface area contributed by atoms with Gasteiger partial charge in [-0.25, -0.2) is 4.79 Å². The van der Waals surface area contributed by atoms with E-state index in [9.17, 15) is 4.79 Å². The maximum Gasteiger partial charge on any atom is 0.319 e. The van der Waals surface area contributed by atoms with E-state index in [4.69, 9.17) is 26.2 Å². The first kappa shape index (κ1) is 16.6. The van der Waals surface area contributed by atoms with Crippen LogP contribution in [0.15, 0.2) is 18.2 Å². The van der Waals surface area contributed by atoms with Gasteiger partial charge in [0.2, 0.25) is 0 Å². The van der Waals surface area contributed by atoms with Crippen LogP contribution in [0.3, 0.4) is 0 Å². The summed E-state index contributed by atoms with van der Waals surface area (Å²) in [6.07, 6.45) is 0.500. The fourth-order valence-corrected chi connectivity index (χ4v) is 1.66. The molecule has 0 saturated carbocycles.